The van der Waals surface area contributed by atoms with E-state index in [0.717, 1.165) is 4.90 Å². The van der Waals surface area contributed by atoms with Crippen LogP contribution >= 0.6 is 11.6 Å². The van der Waals surface area contributed by atoms with E-state index >= 15 is 0 Å². The lowest BCUT2D eigenvalue weighted by Gasteiger charge is -2.22. The van der Waals surface area contributed by atoms with Gasteiger partial charge in [-0.25, -0.2) is 4.90 Å². The SMILES string of the molecule is O=C1CCCC(=O)N1C(=O)c1cccc(Cl)c1. The number of hydrogen-bond donors (Lipinski definition) is 0. The van der Waals surface area contributed by atoms with Crippen molar-refractivity contribution in [1.82, 2.24) is 4.90 Å². The molecule has 0 spiro atoms. The molecular weight excluding hydrogens is 242 g/mol. The number of carbonyl (C=O) groups excluding carboxylic acids is 3. The third-order valence-corrected chi connectivity index (χ3v) is 2.79. The second-order valence-corrected chi connectivity index (χ2v) is 4.23. The van der Waals surface area contributed by atoms with Crippen LogP contribution in [0.25, 0.3) is 0 Å². The van der Waals surface area contributed by atoms with Crippen molar-refractivity contribution in [2.75, 3.05) is 0 Å². The molecule has 1 aliphatic rings. The number of piperidine rings is 1. The third-order valence-electron chi connectivity index (χ3n) is 2.55. The number of hydrogen-bond acceptors (Lipinski definition) is 3. The Kier molecular flexibility index (Phi) is 3.24. The van der Waals surface area contributed by atoms with E-state index in [2.05, 4.69) is 0 Å². The molecule has 0 aliphatic carbocycles. The van der Waals surface area contributed by atoms with Gasteiger partial charge in [0.25, 0.3) is 5.91 Å². The molecule has 0 saturated carbocycles. The molecule has 1 aromatic rings. The van der Waals surface area contributed by atoms with Crippen molar-refractivity contribution in [3.8, 4) is 0 Å². The van der Waals surface area contributed by atoms with Crippen LogP contribution in [0, 0.1) is 0 Å². The summed E-state index contributed by atoms with van der Waals surface area (Å²) in [5.74, 6) is -1.47. The van der Waals surface area contributed by atoms with E-state index in [1.807, 2.05) is 0 Å². The van der Waals surface area contributed by atoms with Crippen LogP contribution in [0.2, 0.25) is 5.02 Å². The highest BCUT2D eigenvalue weighted by Crippen LogP contribution is 2.18. The molecule has 0 radical (unpaired) electrons. The zero-order valence-electron chi connectivity index (χ0n) is 8.98. The fraction of sp³-hybridized carbons (Fsp3) is 0.250. The van der Waals surface area contributed by atoms with E-state index in [0.29, 0.717) is 11.4 Å². The Morgan fingerprint density at radius 1 is 1.18 bits per heavy atom. The lowest BCUT2D eigenvalue weighted by Crippen LogP contribution is -2.44. The summed E-state index contributed by atoms with van der Waals surface area (Å²) in [5.41, 5.74) is 0.251. The third kappa shape index (κ3) is 2.36. The number of benzene rings is 1. The molecule has 1 fully saturated rings. The van der Waals surface area contributed by atoms with E-state index in [9.17, 15) is 14.4 Å². The van der Waals surface area contributed by atoms with Crippen molar-refractivity contribution in [2.24, 2.45) is 0 Å². The summed E-state index contributed by atoms with van der Waals surface area (Å²) >= 11 is 5.76. The number of amides is 3. The van der Waals surface area contributed by atoms with Gasteiger partial charge in [0, 0.05) is 23.4 Å². The molecule has 2 rings (SSSR count). The van der Waals surface area contributed by atoms with Gasteiger partial charge in [0.1, 0.15) is 0 Å². The molecule has 88 valence electrons. The smallest absolute Gasteiger partial charge is 0.267 e. The van der Waals surface area contributed by atoms with Crippen LogP contribution in [-0.2, 0) is 9.59 Å². The maximum absolute atomic E-state index is 12.0. The highest BCUT2D eigenvalue weighted by Gasteiger charge is 2.32. The first-order valence-corrected chi connectivity index (χ1v) is 5.63. The molecule has 1 aromatic carbocycles. The minimum absolute atomic E-state index is 0.234. The number of nitrogens with zero attached hydrogens (tertiary/aromatic N) is 1. The van der Waals surface area contributed by atoms with Crippen LogP contribution < -0.4 is 0 Å². The second-order valence-electron chi connectivity index (χ2n) is 3.79. The summed E-state index contributed by atoms with van der Waals surface area (Å²) in [5, 5.41) is 0.396. The molecular formula is C12H10ClNO3. The molecule has 0 aromatic heterocycles. The average molecular weight is 252 g/mol. The summed E-state index contributed by atoms with van der Waals surface area (Å²) < 4.78 is 0. The molecule has 4 nitrogen and oxygen atoms in total. The van der Waals surface area contributed by atoms with Crippen molar-refractivity contribution >= 4 is 29.3 Å². The predicted molar refractivity (Wildman–Crippen MR) is 61.5 cm³/mol. The maximum Gasteiger partial charge on any atom is 0.267 e. The van der Waals surface area contributed by atoms with Crippen molar-refractivity contribution < 1.29 is 14.4 Å². The molecule has 5 heteroatoms. The highest BCUT2D eigenvalue weighted by atomic mass is 35.5. The van der Waals surface area contributed by atoms with E-state index < -0.39 is 17.7 Å². The van der Waals surface area contributed by atoms with Gasteiger partial charge in [-0.05, 0) is 24.6 Å². The van der Waals surface area contributed by atoms with E-state index in [-0.39, 0.29) is 18.4 Å². The van der Waals surface area contributed by atoms with Gasteiger partial charge < -0.3 is 0 Å². The first-order valence-electron chi connectivity index (χ1n) is 5.25. The largest absolute Gasteiger partial charge is 0.274 e. The topological polar surface area (TPSA) is 54.5 Å². The summed E-state index contributed by atoms with van der Waals surface area (Å²) in [7, 11) is 0. The molecule has 1 aliphatic heterocycles. The van der Waals surface area contributed by atoms with Gasteiger partial charge in [-0.3, -0.25) is 14.4 Å². The summed E-state index contributed by atoms with van der Waals surface area (Å²) in [6.45, 7) is 0. The molecule has 3 amide bonds. The van der Waals surface area contributed by atoms with Crippen LogP contribution in [0.15, 0.2) is 24.3 Å². The lowest BCUT2D eigenvalue weighted by atomic mass is 10.1. The van der Waals surface area contributed by atoms with Gasteiger partial charge in [-0.1, -0.05) is 17.7 Å². The number of rotatable bonds is 1. The fourth-order valence-corrected chi connectivity index (χ4v) is 1.92. The summed E-state index contributed by atoms with van der Waals surface area (Å²) in [6, 6.07) is 6.20. The monoisotopic (exact) mass is 251 g/mol. The molecule has 0 unspecified atom stereocenters. The normalized spacial score (nSPS) is 16.2. The van der Waals surface area contributed by atoms with Gasteiger partial charge in [-0.2, -0.15) is 0 Å². The maximum atomic E-state index is 12.0. The highest BCUT2D eigenvalue weighted by molar-refractivity contribution is 6.31. The van der Waals surface area contributed by atoms with Gasteiger partial charge in [0.2, 0.25) is 11.8 Å². The van der Waals surface area contributed by atoms with Crippen LogP contribution in [0.1, 0.15) is 29.6 Å². The van der Waals surface area contributed by atoms with Crippen LogP contribution in [0.3, 0.4) is 0 Å². The van der Waals surface area contributed by atoms with Crippen LogP contribution in [0.5, 0.6) is 0 Å². The number of carbonyl (C=O) groups is 3. The van der Waals surface area contributed by atoms with Gasteiger partial charge in [0.15, 0.2) is 0 Å². The first-order chi connectivity index (χ1) is 8.09. The Morgan fingerprint density at radius 3 is 2.41 bits per heavy atom. The van der Waals surface area contributed by atoms with Crippen molar-refractivity contribution in [1.29, 1.82) is 0 Å². The van der Waals surface area contributed by atoms with Gasteiger partial charge in [0.05, 0.1) is 0 Å². The Balaban J connectivity index is 2.30. The molecule has 0 atom stereocenters. The Labute approximate surface area is 103 Å². The first kappa shape index (κ1) is 11.8. The zero-order valence-corrected chi connectivity index (χ0v) is 9.74. The second kappa shape index (κ2) is 4.67. The number of likely N-dealkylation sites (tertiary alicyclic amines) is 1. The minimum atomic E-state index is -0.595. The Morgan fingerprint density at radius 2 is 1.82 bits per heavy atom. The zero-order chi connectivity index (χ0) is 12.4. The average Bonchev–Trinajstić information content (AvgIpc) is 2.28. The van der Waals surface area contributed by atoms with Gasteiger partial charge in [-0.15, -0.1) is 0 Å². The Bertz CT molecular complexity index is 482. The van der Waals surface area contributed by atoms with E-state index in [4.69, 9.17) is 11.6 Å². The molecule has 0 bridgehead atoms. The Hall–Kier alpha value is -1.68. The number of imide groups is 3. The standard InChI is InChI=1S/C12H10ClNO3/c13-9-4-1-3-8(7-9)12(17)14-10(15)5-2-6-11(14)16/h1,3-4,7H,2,5-6H2. The van der Waals surface area contributed by atoms with E-state index in [1.54, 1.807) is 12.1 Å². The molecule has 0 N–H and O–H groups in total. The molecule has 1 saturated heterocycles. The lowest BCUT2D eigenvalue weighted by molar-refractivity contribution is -0.144. The van der Waals surface area contributed by atoms with Crippen molar-refractivity contribution in [2.45, 2.75) is 19.3 Å². The quantitative estimate of drug-likeness (QED) is 0.718. The van der Waals surface area contributed by atoms with Crippen LogP contribution in [-0.4, -0.2) is 22.6 Å². The minimum Gasteiger partial charge on any atom is -0.274 e. The molecule has 1 heterocycles. The van der Waals surface area contributed by atoms with E-state index in [1.165, 1.54) is 12.1 Å². The summed E-state index contributed by atoms with van der Waals surface area (Å²) in [6.07, 6.45) is 0.979. The predicted octanol–water partition coefficient (Wildman–Crippen LogP) is 2.02. The van der Waals surface area contributed by atoms with Crippen molar-refractivity contribution in [3.63, 3.8) is 0 Å². The van der Waals surface area contributed by atoms with Crippen LogP contribution in [0.4, 0.5) is 0 Å². The fourth-order valence-electron chi connectivity index (χ4n) is 1.73. The van der Waals surface area contributed by atoms with Crippen molar-refractivity contribution in [3.05, 3.63) is 34.9 Å². The number of halogens is 1. The summed E-state index contributed by atoms with van der Waals surface area (Å²) in [4.78, 5) is 35.8. The van der Waals surface area contributed by atoms with Gasteiger partial charge >= 0.3 is 0 Å². The molecule has 17 heavy (non-hydrogen) atoms.